The van der Waals surface area contributed by atoms with E-state index in [9.17, 15) is 9.59 Å². The zero-order valence-electron chi connectivity index (χ0n) is 18.4. The molecular weight excluding hydrogens is 410 g/mol. The van der Waals surface area contributed by atoms with Gasteiger partial charge in [0.05, 0.1) is 16.8 Å². The van der Waals surface area contributed by atoms with Crippen LogP contribution in [0.1, 0.15) is 64.8 Å². The molecule has 3 aromatic rings. The third kappa shape index (κ3) is 3.72. The molecule has 0 atom stereocenters. The molecule has 5 rings (SSSR count). The van der Waals surface area contributed by atoms with E-state index in [1.54, 1.807) is 15.9 Å². The number of aromatic amines is 1. The molecule has 2 aliphatic heterocycles. The molecule has 1 N–H and O–H groups in total. The zero-order chi connectivity index (χ0) is 21.7. The van der Waals surface area contributed by atoms with E-state index in [0.29, 0.717) is 24.2 Å². The summed E-state index contributed by atoms with van der Waals surface area (Å²) in [5.41, 5.74) is 4.34. The van der Waals surface area contributed by atoms with Gasteiger partial charge in [-0.1, -0.05) is 0 Å². The number of carbonyl (C=O) groups excluding carboxylic acids is 1. The molecule has 31 heavy (non-hydrogen) atoms. The van der Waals surface area contributed by atoms with Gasteiger partial charge in [-0.15, -0.1) is 11.3 Å². The standard InChI is InChI=1S/C23H29N5O2S/c1-14(2)27-9-6-19-18(12-27)23(30)28-21(24-19)11-20(25-28)16-4-7-26(8-5-16)22(29)17-10-15(3)31-13-17/h10-11,13-14,16,25H,4-9,12H2,1-3H3. The van der Waals surface area contributed by atoms with Crippen LogP contribution in [0, 0.1) is 6.92 Å². The SMILES string of the molecule is Cc1cc(C(=O)N2CCC(c3cc4nc5c(c(=O)n4[nH]3)CN(C(C)C)CC5)CC2)cs1. The highest BCUT2D eigenvalue weighted by Gasteiger charge is 2.28. The van der Waals surface area contributed by atoms with Crippen LogP contribution >= 0.6 is 11.3 Å². The molecular formula is C23H29N5O2S. The van der Waals surface area contributed by atoms with Crippen LogP contribution in [0.5, 0.6) is 0 Å². The number of hydrogen-bond donors (Lipinski definition) is 1. The molecule has 8 heteroatoms. The molecule has 0 aromatic carbocycles. The van der Waals surface area contributed by atoms with Crippen LogP contribution in [-0.4, -0.2) is 56.0 Å². The number of nitrogens with zero attached hydrogens (tertiary/aromatic N) is 4. The second-order valence-electron chi connectivity index (χ2n) is 9.07. The Morgan fingerprint density at radius 2 is 2.00 bits per heavy atom. The maximum Gasteiger partial charge on any atom is 0.277 e. The molecule has 5 heterocycles. The predicted molar refractivity (Wildman–Crippen MR) is 122 cm³/mol. The second-order valence-corrected chi connectivity index (χ2v) is 10.2. The summed E-state index contributed by atoms with van der Waals surface area (Å²) in [5, 5.41) is 5.27. The number of aryl methyl sites for hydroxylation is 1. The first-order valence-corrected chi connectivity index (χ1v) is 12.0. The van der Waals surface area contributed by atoms with Crippen molar-refractivity contribution >= 4 is 22.9 Å². The minimum atomic E-state index is 0.0250. The van der Waals surface area contributed by atoms with Crippen LogP contribution in [0.3, 0.4) is 0 Å². The minimum Gasteiger partial charge on any atom is -0.339 e. The Hall–Kier alpha value is -2.45. The Morgan fingerprint density at radius 3 is 2.68 bits per heavy atom. The largest absolute Gasteiger partial charge is 0.339 e. The first-order chi connectivity index (χ1) is 14.9. The quantitative estimate of drug-likeness (QED) is 0.680. The van der Waals surface area contributed by atoms with E-state index in [-0.39, 0.29) is 11.5 Å². The van der Waals surface area contributed by atoms with E-state index in [0.717, 1.165) is 66.3 Å². The summed E-state index contributed by atoms with van der Waals surface area (Å²) in [6, 6.07) is 4.41. The number of hydrogen-bond acceptors (Lipinski definition) is 5. The monoisotopic (exact) mass is 439 g/mol. The fraction of sp³-hybridized carbons (Fsp3) is 0.522. The van der Waals surface area contributed by atoms with Gasteiger partial charge in [-0.25, -0.2) is 9.50 Å². The van der Waals surface area contributed by atoms with Crippen LogP contribution in [0.2, 0.25) is 0 Å². The fourth-order valence-electron chi connectivity index (χ4n) is 4.80. The third-order valence-electron chi connectivity index (χ3n) is 6.74. The lowest BCUT2D eigenvalue weighted by Crippen LogP contribution is -2.40. The highest BCUT2D eigenvalue weighted by molar-refractivity contribution is 7.10. The lowest BCUT2D eigenvalue weighted by Gasteiger charge is -2.31. The Morgan fingerprint density at radius 1 is 1.23 bits per heavy atom. The molecule has 2 aliphatic rings. The van der Waals surface area contributed by atoms with E-state index < -0.39 is 0 Å². The van der Waals surface area contributed by atoms with Gasteiger partial charge >= 0.3 is 0 Å². The molecule has 3 aromatic heterocycles. The highest BCUT2D eigenvalue weighted by atomic mass is 32.1. The lowest BCUT2D eigenvalue weighted by atomic mass is 9.93. The number of carbonyl (C=O) groups is 1. The number of amides is 1. The number of piperidine rings is 1. The van der Waals surface area contributed by atoms with Gasteiger partial charge in [0.2, 0.25) is 0 Å². The topological polar surface area (TPSA) is 73.7 Å². The van der Waals surface area contributed by atoms with Crippen molar-refractivity contribution in [3.8, 4) is 0 Å². The zero-order valence-corrected chi connectivity index (χ0v) is 19.2. The van der Waals surface area contributed by atoms with E-state index >= 15 is 0 Å². The molecule has 0 spiro atoms. The van der Waals surface area contributed by atoms with Gasteiger partial charge in [0, 0.05) is 66.6 Å². The molecule has 1 saturated heterocycles. The summed E-state index contributed by atoms with van der Waals surface area (Å²) in [5.74, 6) is 0.429. The second kappa shape index (κ2) is 7.91. The van der Waals surface area contributed by atoms with Gasteiger partial charge in [0.25, 0.3) is 11.5 Å². The molecule has 0 aliphatic carbocycles. The van der Waals surface area contributed by atoms with Crippen LogP contribution in [0.4, 0.5) is 0 Å². The van der Waals surface area contributed by atoms with Gasteiger partial charge < -0.3 is 4.90 Å². The summed E-state index contributed by atoms with van der Waals surface area (Å²) in [6.07, 6.45) is 2.59. The number of rotatable bonds is 3. The molecule has 7 nitrogen and oxygen atoms in total. The Kier molecular flexibility index (Phi) is 5.22. The first kappa shape index (κ1) is 20.5. The molecule has 0 saturated carbocycles. The number of thiophene rings is 1. The fourth-order valence-corrected chi connectivity index (χ4v) is 5.48. The van der Waals surface area contributed by atoms with E-state index in [4.69, 9.17) is 4.98 Å². The Labute approximate surface area is 185 Å². The summed E-state index contributed by atoms with van der Waals surface area (Å²) in [4.78, 5) is 36.1. The summed E-state index contributed by atoms with van der Waals surface area (Å²) < 4.78 is 1.61. The smallest absolute Gasteiger partial charge is 0.277 e. The number of H-pyrrole nitrogens is 1. The van der Waals surface area contributed by atoms with Gasteiger partial charge in [-0.05, 0) is 39.7 Å². The van der Waals surface area contributed by atoms with Crippen molar-refractivity contribution in [2.45, 2.75) is 58.5 Å². The number of fused-ring (bicyclic) bond motifs is 2. The highest BCUT2D eigenvalue weighted by Crippen LogP contribution is 2.29. The van der Waals surface area contributed by atoms with Crippen LogP contribution in [0.25, 0.3) is 5.65 Å². The lowest BCUT2D eigenvalue weighted by molar-refractivity contribution is 0.0712. The molecule has 1 amide bonds. The average molecular weight is 440 g/mol. The molecule has 164 valence electrons. The Bertz CT molecular complexity index is 1180. The third-order valence-corrected chi connectivity index (χ3v) is 7.60. The first-order valence-electron chi connectivity index (χ1n) is 11.1. The average Bonchev–Trinajstić information content (AvgIpc) is 3.40. The molecule has 1 fully saturated rings. The van der Waals surface area contributed by atoms with Gasteiger partial charge in [-0.3, -0.25) is 19.6 Å². The summed E-state index contributed by atoms with van der Waals surface area (Å²) in [7, 11) is 0. The van der Waals surface area contributed by atoms with Crippen molar-refractivity contribution < 1.29 is 4.79 Å². The summed E-state index contributed by atoms with van der Waals surface area (Å²) in [6.45, 7) is 9.43. The maximum atomic E-state index is 13.2. The van der Waals surface area contributed by atoms with E-state index in [1.165, 1.54) is 0 Å². The van der Waals surface area contributed by atoms with Crippen molar-refractivity contribution in [2.24, 2.45) is 0 Å². The molecule has 0 unspecified atom stereocenters. The maximum absolute atomic E-state index is 13.2. The number of aromatic nitrogens is 3. The van der Waals surface area contributed by atoms with Crippen molar-refractivity contribution in [3.05, 3.63) is 55.3 Å². The Balaban J connectivity index is 1.34. The van der Waals surface area contributed by atoms with Crippen molar-refractivity contribution in [1.29, 1.82) is 0 Å². The van der Waals surface area contributed by atoms with Crippen LogP contribution < -0.4 is 5.56 Å². The normalized spacial score (nSPS) is 18.1. The van der Waals surface area contributed by atoms with E-state index in [2.05, 4.69) is 23.8 Å². The van der Waals surface area contributed by atoms with Crippen molar-refractivity contribution in [1.82, 2.24) is 24.4 Å². The summed E-state index contributed by atoms with van der Waals surface area (Å²) >= 11 is 1.61. The van der Waals surface area contributed by atoms with Crippen molar-refractivity contribution in [3.63, 3.8) is 0 Å². The van der Waals surface area contributed by atoms with Crippen LogP contribution in [0.15, 0.2) is 22.3 Å². The predicted octanol–water partition coefficient (Wildman–Crippen LogP) is 3.18. The van der Waals surface area contributed by atoms with Gasteiger partial charge in [0.15, 0.2) is 5.65 Å². The van der Waals surface area contributed by atoms with Gasteiger partial charge in [-0.2, -0.15) is 0 Å². The molecule has 0 bridgehead atoms. The number of nitrogens with one attached hydrogen (secondary N) is 1. The van der Waals surface area contributed by atoms with E-state index in [1.807, 2.05) is 29.3 Å². The minimum absolute atomic E-state index is 0.0250. The number of likely N-dealkylation sites (tertiary alicyclic amines) is 1. The van der Waals surface area contributed by atoms with Crippen molar-refractivity contribution in [2.75, 3.05) is 19.6 Å². The van der Waals surface area contributed by atoms with Gasteiger partial charge in [0.1, 0.15) is 0 Å². The van der Waals surface area contributed by atoms with Crippen LogP contribution in [-0.2, 0) is 13.0 Å². The molecule has 0 radical (unpaired) electrons.